The Hall–Kier alpha value is -1.06. The van der Waals surface area contributed by atoms with Gasteiger partial charge in [0.05, 0.1) is 0 Å². The van der Waals surface area contributed by atoms with E-state index in [1.807, 2.05) is 0 Å². The number of hydrogen-bond donors (Lipinski definition) is 2. The molecule has 0 aromatic heterocycles. The van der Waals surface area contributed by atoms with E-state index in [9.17, 15) is 0 Å². The van der Waals surface area contributed by atoms with Crippen LogP contribution in [0.4, 0.5) is 0 Å². The Morgan fingerprint density at radius 2 is 1.82 bits per heavy atom. The predicted molar refractivity (Wildman–Crippen MR) is 40.5 cm³/mol. The van der Waals surface area contributed by atoms with Crippen molar-refractivity contribution in [1.82, 2.24) is 0 Å². The molecule has 0 saturated carbocycles. The van der Waals surface area contributed by atoms with Gasteiger partial charge in [-0.1, -0.05) is 12.1 Å². The van der Waals surface area contributed by atoms with Crippen molar-refractivity contribution < 1.29 is 15.3 Å². The molecule has 0 unspecified atom stereocenters. The fourth-order valence-electron chi connectivity index (χ4n) is 0.846. The summed E-state index contributed by atoms with van der Waals surface area (Å²) >= 11 is 0. The Balaban J connectivity index is 2.66. The molecule has 0 amide bonds. The zero-order chi connectivity index (χ0) is 8.10. The van der Waals surface area contributed by atoms with Gasteiger partial charge in [0.15, 0.2) is 5.75 Å². The van der Waals surface area contributed by atoms with Crippen molar-refractivity contribution in [3.63, 3.8) is 0 Å². The minimum atomic E-state index is 0.138. The summed E-state index contributed by atoms with van der Waals surface area (Å²) in [4.78, 5) is 3.98. The molecule has 0 bridgehead atoms. The highest BCUT2D eigenvalue weighted by Gasteiger charge is 1.93. The zero-order valence-corrected chi connectivity index (χ0v) is 6.03. The highest BCUT2D eigenvalue weighted by atomic mass is 17.1. The Kier molecular flexibility index (Phi) is 2.89. The lowest BCUT2D eigenvalue weighted by Gasteiger charge is -1.98. The van der Waals surface area contributed by atoms with Gasteiger partial charge < -0.3 is 9.99 Å². The van der Waals surface area contributed by atoms with Gasteiger partial charge in [-0.3, -0.25) is 0 Å². The van der Waals surface area contributed by atoms with Crippen LogP contribution < -0.4 is 4.89 Å². The Morgan fingerprint density at radius 1 is 1.18 bits per heavy atom. The second-order valence-electron chi connectivity index (χ2n) is 2.21. The minimum absolute atomic E-state index is 0.138. The summed E-state index contributed by atoms with van der Waals surface area (Å²) in [5.41, 5.74) is 1.02. The summed E-state index contributed by atoms with van der Waals surface area (Å²) < 4.78 is 0. The molecule has 0 aliphatic carbocycles. The number of rotatable bonds is 3. The van der Waals surface area contributed by atoms with Gasteiger partial charge in [-0.15, -0.1) is 0 Å². The molecule has 1 aromatic carbocycles. The number of aliphatic hydroxyl groups is 1. The molecule has 0 aliphatic rings. The van der Waals surface area contributed by atoms with Crippen molar-refractivity contribution in [2.24, 2.45) is 0 Å². The second kappa shape index (κ2) is 3.95. The minimum Gasteiger partial charge on any atom is -0.396 e. The molecule has 11 heavy (non-hydrogen) atoms. The first kappa shape index (κ1) is 8.04. The third kappa shape index (κ3) is 2.22. The van der Waals surface area contributed by atoms with E-state index in [1.54, 1.807) is 24.3 Å². The van der Waals surface area contributed by atoms with Gasteiger partial charge in [0.25, 0.3) is 0 Å². The Bertz CT molecular complexity index is 205. The smallest absolute Gasteiger partial charge is 0.165 e. The lowest BCUT2D eigenvalue weighted by atomic mass is 10.1. The lowest BCUT2D eigenvalue weighted by molar-refractivity contribution is -0.137. The standard InChI is InChI=1S/C8H10O3/c9-6-5-7-1-3-8(11-10)4-2-7/h1-4,9-10H,5-6H2. The topological polar surface area (TPSA) is 49.7 Å². The lowest BCUT2D eigenvalue weighted by Crippen LogP contribution is -1.90. The maximum Gasteiger partial charge on any atom is 0.165 e. The van der Waals surface area contributed by atoms with Crippen molar-refractivity contribution in [2.75, 3.05) is 6.61 Å². The van der Waals surface area contributed by atoms with Crippen LogP contribution in [0.5, 0.6) is 5.75 Å². The molecule has 0 saturated heterocycles. The second-order valence-corrected chi connectivity index (χ2v) is 2.21. The van der Waals surface area contributed by atoms with E-state index in [2.05, 4.69) is 4.89 Å². The maximum atomic E-state index is 8.57. The Morgan fingerprint density at radius 3 is 2.27 bits per heavy atom. The molecule has 3 heteroatoms. The van der Waals surface area contributed by atoms with Crippen LogP contribution >= 0.6 is 0 Å². The molecular formula is C8H10O3. The van der Waals surface area contributed by atoms with Gasteiger partial charge in [-0.2, -0.15) is 0 Å². The van der Waals surface area contributed by atoms with Gasteiger partial charge in [0.1, 0.15) is 0 Å². The molecule has 0 aliphatic heterocycles. The van der Waals surface area contributed by atoms with Crippen LogP contribution in [0.25, 0.3) is 0 Å². The van der Waals surface area contributed by atoms with E-state index in [1.165, 1.54) is 0 Å². The van der Waals surface area contributed by atoms with Crippen LogP contribution in [0.1, 0.15) is 5.56 Å². The molecule has 0 atom stereocenters. The molecule has 0 fully saturated rings. The van der Waals surface area contributed by atoms with Crippen molar-refractivity contribution in [1.29, 1.82) is 0 Å². The van der Waals surface area contributed by atoms with E-state index >= 15 is 0 Å². The van der Waals surface area contributed by atoms with Crippen LogP contribution in [-0.2, 0) is 6.42 Å². The molecule has 0 heterocycles. The Labute approximate surface area is 64.8 Å². The number of benzene rings is 1. The molecule has 1 aromatic rings. The SMILES string of the molecule is OCCc1ccc(OO)cc1. The molecule has 3 nitrogen and oxygen atoms in total. The highest BCUT2D eigenvalue weighted by Crippen LogP contribution is 2.10. The van der Waals surface area contributed by atoms with Crippen molar-refractivity contribution in [2.45, 2.75) is 6.42 Å². The molecular weight excluding hydrogens is 144 g/mol. The average molecular weight is 154 g/mol. The fraction of sp³-hybridized carbons (Fsp3) is 0.250. The monoisotopic (exact) mass is 154 g/mol. The van der Waals surface area contributed by atoms with Crippen LogP contribution in [0.15, 0.2) is 24.3 Å². The summed E-state index contributed by atoms with van der Waals surface area (Å²) in [7, 11) is 0. The summed E-state index contributed by atoms with van der Waals surface area (Å²) in [6.07, 6.45) is 0.631. The van der Waals surface area contributed by atoms with Gasteiger partial charge in [-0.05, 0) is 24.1 Å². The zero-order valence-electron chi connectivity index (χ0n) is 6.03. The quantitative estimate of drug-likeness (QED) is 0.505. The summed E-state index contributed by atoms with van der Waals surface area (Å²) in [5.74, 6) is 0.409. The summed E-state index contributed by atoms with van der Waals surface area (Å²) in [6.45, 7) is 0.138. The van der Waals surface area contributed by atoms with Gasteiger partial charge in [0.2, 0.25) is 0 Å². The van der Waals surface area contributed by atoms with Crippen LogP contribution in [0.3, 0.4) is 0 Å². The normalized spacial score (nSPS) is 9.64. The fourth-order valence-corrected chi connectivity index (χ4v) is 0.846. The number of hydrogen-bond acceptors (Lipinski definition) is 3. The highest BCUT2D eigenvalue weighted by molar-refractivity contribution is 5.26. The first-order chi connectivity index (χ1) is 5.36. The first-order valence-electron chi connectivity index (χ1n) is 3.38. The maximum absolute atomic E-state index is 8.57. The first-order valence-corrected chi connectivity index (χ1v) is 3.38. The van der Waals surface area contributed by atoms with E-state index in [0.717, 1.165) is 5.56 Å². The van der Waals surface area contributed by atoms with E-state index in [-0.39, 0.29) is 6.61 Å². The number of aliphatic hydroxyl groups excluding tert-OH is 1. The van der Waals surface area contributed by atoms with Crippen molar-refractivity contribution >= 4 is 0 Å². The third-order valence-electron chi connectivity index (χ3n) is 1.43. The van der Waals surface area contributed by atoms with Gasteiger partial charge >= 0.3 is 0 Å². The predicted octanol–water partition coefficient (Wildman–Crippen LogP) is 1.07. The summed E-state index contributed by atoms with van der Waals surface area (Å²) in [5, 5.41) is 16.8. The van der Waals surface area contributed by atoms with Gasteiger partial charge in [-0.25, -0.2) is 5.26 Å². The van der Waals surface area contributed by atoms with Gasteiger partial charge in [0, 0.05) is 6.61 Å². The van der Waals surface area contributed by atoms with Crippen molar-refractivity contribution in [3.05, 3.63) is 29.8 Å². The van der Waals surface area contributed by atoms with Crippen LogP contribution in [0, 0.1) is 0 Å². The molecule has 60 valence electrons. The van der Waals surface area contributed by atoms with E-state index < -0.39 is 0 Å². The van der Waals surface area contributed by atoms with Crippen LogP contribution in [-0.4, -0.2) is 17.0 Å². The molecule has 0 spiro atoms. The largest absolute Gasteiger partial charge is 0.396 e. The van der Waals surface area contributed by atoms with E-state index in [0.29, 0.717) is 12.2 Å². The third-order valence-corrected chi connectivity index (χ3v) is 1.43. The van der Waals surface area contributed by atoms with E-state index in [4.69, 9.17) is 10.4 Å². The van der Waals surface area contributed by atoms with Crippen LogP contribution in [0.2, 0.25) is 0 Å². The molecule has 1 rings (SSSR count). The average Bonchev–Trinajstić information content (AvgIpc) is 2.07. The molecule has 2 N–H and O–H groups in total. The summed E-state index contributed by atoms with van der Waals surface area (Å²) in [6, 6.07) is 6.87. The van der Waals surface area contributed by atoms with Crippen molar-refractivity contribution in [3.8, 4) is 5.75 Å². The molecule has 0 radical (unpaired) electrons.